The van der Waals surface area contributed by atoms with Gasteiger partial charge in [-0.1, -0.05) is 19.9 Å². The summed E-state index contributed by atoms with van der Waals surface area (Å²) in [6.45, 7) is 9.84. The van der Waals surface area contributed by atoms with Gasteiger partial charge in [-0.25, -0.2) is 14.5 Å². The summed E-state index contributed by atoms with van der Waals surface area (Å²) >= 11 is 1.64. The van der Waals surface area contributed by atoms with Crippen LogP contribution >= 0.6 is 11.3 Å². The van der Waals surface area contributed by atoms with E-state index in [4.69, 9.17) is 20.4 Å². The van der Waals surface area contributed by atoms with Crippen LogP contribution in [-0.4, -0.2) is 75.8 Å². The zero-order chi connectivity index (χ0) is 27.5. The minimum atomic E-state index is -0.451. The predicted molar refractivity (Wildman–Crippen MR) is 156 cm³/mol. The SMILES string of the molecule is CCN(CC)[C@@H](C)Cc1c(C(N)=O)cc(-c2cnn3ccc(-c4cccs4)nc23)nc1N1CCC[C@@H]1COC. The molecule has 0 radical (unpaired) electrons. The van der Waals surface area contributed by atoms with E-state index in [9.17, 15) is 4.79 Å². The number of aromatic nitrogens is 4. The highest BCUT2D eigenvalue weighted by atomic mass is 32.1. The number of anilines is 1. The average molecular weight is 548 g/mol. The first kappa shape index (κ1) is 27.2. The lowest BCUT2D eigenvalue weighted by atomic mass is 9.97. The average Bonchev–Trinajstić information content (AvgIpc) is 3.70. The van der Waals surface area contributed by atoms with Crippen molar-refractivity contribution in [1.82, 2.24) is 24.5 Å². The van der Waals surface area contributed by atoms with E-state index in [0.29, 0.717) is 29.9 Å². The monoisotopic (exact) mass is 547 g/mol. The molecule has 39 heavy (non-hydrogen) atoms. The number of amides is 1. The van der Waals surface area contributed by atoms with Gasteiger partial charge in [0.05, 0.1) is 40.7 Å². The Kier molecular flexibility index (Phi) is 8.25. The fraction of sp³-hybridized carbons (Fsp3) is 0.448. The predicted octanol–water partition coefficient (Wildman–Crippen LogP) is 4.51. The van der Waals surface area contributed by atoms with Crippen LogP contribution in [0.1, 0.15) is 49.5 Å². The number of carbonyl (C=O) groups excluding carboxylic acids is 1. The third kappa shape index (κ3) is 5.41. The largest absolute Gasteiger partial charge is 0.383 e. The summed E-state index contributed by atoms with van der Waals surface area (Å²) in [5.74, 6) is 0.362. The quantitative estimate of drug-likeness (QED) is 0.295. The molecular weight excluding hydrogens is 510 g/mol. The van der Waals surface area contributed by atoms with Gasteiger partial charge in [-0.2, -0.15) is 5.10 Å². The van der Waals surface area contributed by atoms with E-state index in [1.165, 1.54) is 0 Å². The highest BCUT2D eigenvalue weighted by Gasteiger charge is 2.31. The van der Waals surface area contributed by atoms with Crippen LogP contribution in [0.4, 0.5) is 5.82 Å². The molecule has 1 saturated heterocycles. The van der Waals surface area contributed by atoms with Crippen molar-refractivity contribution in [2.24, 2.45) is 5.73 Å². The Balaban J connectivity index is 1.68. The van der Waals surface area contributed by atoms with Crippen molar-refractivity contribution >= 4 is 28.7 Å². The van der Waals surface area contributed by atoms with Crippen molar-refractivity contribution in [3.05, 3.63) is 53.2 Å². The maximum Gasteiger partial charge on any atom is 0.249 e. The van der Waals surface area contributed by atoms with Crippen LogP contribution in [0.5, 0.6) is 0 Å². The Bertz CT molecular complexity index is 1430. The summed E-state index contributed by atoms with van der Waals surface area (Å²) < 4.78 is 7.31. The van der Waals surface area contributed by atoms with Crippen molar-refractivity contribution in [3.63, 3.8) is 0 Å². The second-order valence-corrected chi connectivity index (χ2v) is 11.0. The zero-order valence-electron chi connectivity index (χ0n) is 23.1. The van der Waals surface area contributed by atoms with Gasteiger partial charge >= 0.3 is 0 Å². The summed E-state index contributed by atoms with van der Waals surface area (Å²) in [7, 11) is 1.73. The molecule has 9 nitrogen and oxygen atoms in total. The number of nitrogens with zero attached hydrogens (tertiary/aromatic N) is 6. The van der Waals surface area contributed by atoms with Crippen molar-refractivity contribution in [2.45, 2.75) is 52.1 Å². The summed E-state index contributed by atoms with van der Waals surface area (Å²) in [4.78, 5) is 28.9. The third-order valence-electron chi connectivity index (χ3n) is 7.73. The van der Waals surface area contributed by atoms with Gasteiger partial charge in [0.1, 0.15) is 5.82 Å². The first-order valence-electron chi connectivity index (χ1n) is 13.7. The van der Waals surface area contributed by atoms with Gasteiger partial charge in [0.15, 0.2) is 5.65 Å². The van der Waals surface area contributed by atoms with Crippen LogP contribution in [0.2, 0.25) is 0 Å². The Hall–Kier alpha value is -3.34. The number of primary amides is 1. The molecule has 2 N–H and O–H groups in total. The molecule has 0 aromatic carbocycles. The maximum atomic E-state index is 13.0. The highest BCUT2D eigenvalue weighted by molar-refractivity contribution is 7.13. The summed E-state index contributed by atoms with van der Waals surface area (Å²) in [6, 6.07) is 8.26. The number of hydrogen-bond donors (Lipinski definition) is 1. The lowest BCUT2D eigenvalue weighted by Crippen LogP contribution is -2.38. The van der Waals surface area contributed by atoms with Gasteiger partial charge < -0.3 is 20.3 Å². The highest BCUT2D eigenvalue weighted by Crippen LogP contribution is 2.35. The molecule has 0 bridgehead atoms. The van der Waals surface area contributed by atoms with E-state index < -0.39 is 5.91 Å². The molecule has 4 aromatic rings. The number of thiophene rings is 1. The van der Waals surface area contributed by atoms with Crippen molar-refractivity contribution in [3.8, 4) is 21.8 Å². The molecule has 1 amide bonds. The van der Waals surface area contributed by atoms with Gasteiger partial charge in [0, 0.05) is 37.0 Å². The number of likely N-dealkylation sites (N-methyl/N-ethyl adjacent to an activating group) is 1. The number of fused-ring (bicyclic) bond motifs is 1. The molecule has 4 aromatic heterocycles. The number of pyridine rings is 1. The van der Waals surface area contributed by atoms with E-state index in [2.05, 4.69) is 41.7 Å². The molecule has 0 spiro atoms. The standard InChI is InChI=1S/C29H37N7O2S/c1-5-34(6-2)19(3)15-22-21(27(30)37)16-25(33-28(22)35-12-7-9-20(35)18-38-4)23-17-31-36-13-11-24(32-29(23)36)26-10-8-14-39-26/h8,10-11,13-14,16-17,19-20H,5-7,9,12,15,18H2,1-4H3,(H2,30,37)/t19-,20+/m0/s1. The summed E-state index contributed by atoms with van der Waals surface area (Å²) in [5, 5.41) is 6.58. The minimum Gasteiger partial charge on any atom is -0.383 e. The molecule has 0 unspecified atom stereocenters. The topological polar surface area (TPSA) is 102 Å². The van der Waals surface area contributed by atoms with Gasteiger partial charge in [0.25, 0.3) is 0 Å². The molecular formula is C29H37N7O2S. The van der Waals surface area contributed by atoms with E-state index in [1.807, 2.05) is 29.8 Å². The van der Waals surface area contributed by atoms with Gasteiger partial charge in [0.2, 0.25) is 5.91 Å². The molecule has 10 heteroatoms. The third-order valence-corrected chi connectivity index (χ3v) is 8.62. The second kappa shape index (κ2) is 11.8. The van der Waals surface area contributed by atoms with E-state index >= 15 is 0 Å². The summed E-state index contributed by atoms with van der Waals surface area (Å²) in [6.07, 6.45) is 6.41. The molecule has 5 heterocycles. The van der Waals surface area contributed by atoms with Crippen LogP contribution in [0, 0.1) is 0 Å². The molecule has 2 atom stereocenters. The lowest BCUT2D eigenvalue weighted by Gasteiger charge is -2.31. The fourth-order valence-corrected chi connectivity index (χ4v) is 6.41. The normalized spacial score (nSPS) is 16.4. The number of rotatable bonds is 11. The summed E-state index contributed by atoms with van der Waals surface area (Å²) in [5.41, 5.74) is 10.4. The van der Waals surface area contributed by atoms with Crippen LogP contribution in [0.25, 0.3) is 27.5 Å². The molecule has 5 rings (SSSR count). The van der Waals surface area contributed by atoms with Crippen molar-refractivity contribution in [1.29, 1.82) is 0 Å². The molecule has 0 saturated carbocycles. The van der Waals surface area contributed by atoms with E-state index in [-0.39, 0.29) is 12.1 Å². The van der Waals surface area contributed by atoms with Crippen molar-refractivity contribution in [2.75, 3.05) is 38.3 Å². The zero-order valence-corrected chi connectivity index (χ0v) is 23.9. The number of ether oxygens (including phenoxy) is 1. The fourth-order valence-electron chi connectivity index (χ4n) is 5.72. The first-order chi connectivity index (χ1) is 18.9. The first-order valence-corrected chi connectivity index (χ1v) is 14.5. The smallest absolute Gasteiger partial charge is 0.249 e. The Labute approximate surface area is 233 Å². The van der Waals surface area contributed by atoms with Gasteiger partial charge in [-0.05, 0) is 62.9 Å². The number of hydrogen-bond acceptors (Lipinski definition) is 8. The Morgan fingerprint density at radius 1 is 1.26 bits per heavy atom. The Morgan fingerprint density at radius 2 is 2.08 bits per heavy atom. The Morgan fingerprint density at radius 3 is 2.77 bits per heavy atom. The van der Waals surface area contributed by atoms with Crippen LogP contribution in [-0.2, 0) is 11.2 Å². The van der Waals surface area contributed by atoms with Gasteiger partial charge in [-0.15, -0.1) is 11.3 Å². The van der Waals surface area contributed by atoms with Gasteiger partial charge in [-0.3, -0.25) is 4.79 Å². The number of methoxy groups -OCH3 is 1. The molecule has 0 aliphatic carbocycles. The second-order valence-electron chi connectivity index (χ2n) is 10.1. The molecule has 1 aliphatic rings. The minimum absolute atomic E-state index is 0.188. The van der Waals surface area contributed by atoms with Crippen LogP contribution in [0.15, 0.2) is 42.0 Å². The number of carbonyl (C=O) groups is 1. The van der Waals surface area contributed by atoms with Crippen molar-refractivity contribution < 1.29 is 9.53 Å². The van der Waals surface area contributed by atoms with E-state index in [0.717, 1.165) is 60.0 Å². The molecule has 1 fully saturated rings. The lowest BCUT2D eigenvalue weighted by molar-refractivity contribution is 0.0999. The molecule has 1 aliphatic heterocycles. The van der Waals surface area contributed by atoms with Crippen LogP contribution in [0.3, 0.4) is 0 Å². The maximum absolute atomic E-state index is 13.0. The molecule has 206 valence electrons. The van der Waals surface area contributed by atoms with Crippen LogP contribution < -0.4 is 10.6 Å². The van der Waals surface area contributed by atoms with E-state index in [1.54, 1.807) is 29.2 Å². The number of nitrogens with two attached hydrogens (primary N) is 1.